The van der Waals surface area contributed by atoms with Crippen LogP contribution in [0.2, 0.25) is 5.32 Å². The molecule has 5 nitrogen and oxygen atoms in total. The van der Waals surface area contributed by atoms with Gasteiger partial charge in [0, 0.05) is 0 Å². The fraction of sp³-hybridized carbons (Fsp3) is 0.360. The molecule has 31 heavy (non-hydrogen) atoms. The first kappa shape index (κ1) is 24.7. The molecule has 2 rings (SSSR count). The molecule has 0 unspecified atom stereocenters. The molecule has 0 amide bonds. The number of rotatable bonds is 9. The van der Waals surface area contributed by atoms with Crippen LogP contribution in [0.25, 0.3) is 0 Å². The van der Waals surface area contributed by atoms with Crippen molar-refractivity contribution in [2.45, 2.75) is 44.7 Å². The number of benzene rings is 2. The Morgan fingerprint density at radius 2 is 1.55 bits per heavy atom. The second-order valence-corrected chi connectivity index (χ2v) is 10.5. The predicted octanol–water partition coefficient (Wildman–Crippen LogP) is 4.23. The Kier molecular flexibility index (Phi) is 8.90. The molecule has 2 aromatic carbocycles. The fourth-order valence-corrected chi connectivity index (χ4v) is 5.13. The van der Waals surface area contributed by atoms with Gasteiger partial charge in [-0.05, 0) is 0 Å². The van der Waals surface area contributed by atoms with Crippen LogP contribution >= 0.6 is 0 Å². The van der Waals surface area contributed by atoms with Crippen LogP contribution in [-0.2, 0) is 23.8 Å². The van der Waals surface area contributed by atoms with E-state index < -0.39 is 23.1 Å². The van der Waals surface area contributed by atoms with E-state index in [1.165, 1.54) is 23.9 Å². The van der Waals surface area contributed by atoms with Crippen molar-refractivity contribution in [3.63, 3.8) is 0 Å². The van der Waals surface area contributed by atoms with Crippen molar-refractivity contribution in [1.82, 2.24) is 0 Å². The summed E-state index contributed by atoms with van der Waals surface area (Å²) in [5.41, 5.74) is -0.791. The monoisotopic (exact) mass is 490 g/mol. The molecular weight excluding hydrogens is 459 g/mol. The van der Waals surface area contributed by atoms with E-state index in [0.29, 0.717) is 5.32 Å². The van der Waals surface area contributed by atoms with Gasteiger partial charge in [0.25, 0.3) is 0 Å². The van der Waals surface area contributed by atoms with Crippen LogP contribution in [0.4, 0.5) is 0 Å². The first-order valence-electron chi connectivity index (χ1n) is 10.0. The number of carbonyl (C=O) groups excluding carboxylic acids is 2. The van der Waals surface area contributed by atoms with E-state index in [4.69, 9.17) is 9.47 Å². The quantitative estimate of drug-likeness (QED) is 0.228. The van der Waals surface area contributed by atoms with E-state index in [1.54, 1.807) is 0 Å². The van der Waals surface area contributed by atoms with Gasteiger partial charge in [0.15, 0.2) is 0 Å². The number of esters is 2. The molecule has 2 atom stereocenters. The third kappa shape index (κ3) is 7.57. The van der Waals surface area contributed by atoms with Gasteiger partial charge in [-0.2, -0.15) is 0 Å². The fourth-order valence-electron chi connectivity index (χ4n) is 2.85. The Balaban J connectivity index is 2.43. The summed E-state index contributed by atoms with van der Waals surface area (Å²) in [7, 11) is 1.30. The van der Waals surface area contributed by atoms with Gasteiger partial charge in [0.05, 0.1) is 0 Å². The molecular formula is C25H30O5Se. The first-order valence-corrected chi connectivity index (χ1v) is 12.1. The van der Waals surface area contributed by atoms with Gasteiger partial charge in [-0.25, -0.2) is 0 Å². The van der Waals surface area contributed by atoms with Crippen LogP contribution < -0.4 is 4.46 Å². The van der Waals surface area contributed by atoms with Crippen LogP contribution in [0.1, 0.15) is 39.4 Å². The van der Waals surface area contributed by atoms with Crippen molar-refractivity contribution in [3.8, 4) is 0 Å². The maximum absolute atomic E-state index is 13.5. The second-order valence-electron chi connectivity index (χ2n) is 8.27. The van der Waals surface area contributed by atoms with Crippen molar-refractivity contribution in [2.75, 3.05) is 7.11 Å². The van der Waals surface area contributed by atoms with Crippen molar-refractivity contribution < 1.29 is 23.8 Å². The molecule has 0 saturated heterocycles. The molecule has 0 aliphatic heterocycles. The Labute approximate surface area is 190 Å². The van der Waals surface area contributed by atoms with Gasteiger partial charge in [-0.1, -0.05) is 0 Å². The van der Waals surface area contributed by atoms with E-state index in [0.717, 1.165) is 5.56 Å². The Bertz CT molecular complexity index is 874. The summed E-state index contributed by atoms with van der Waals surface area (Å²) in [6.07, 6.45) is 1.85. The average Bonchev–Trinajstić information content (AvgIpc) is 2.75. The zero-order valence-electron chi connectivity index (χ0n) is 18.7. The summed E-state index contributed by atoms with van der Waals surface area (Å²) < 4.78 is 17.7. The molecule has 0 aliphatic rings. The van der Waals surface area contributed by atoms with Crippen molar-refractivity contribution in [3.05, 3.63) is 78.6 Å². The topological polar surface area (TPSA) is 61.8 Å². The molecule has 6 heteroatoms. The van der Waals surface area contributed by atoms with Gasteiger partial charge in [-0.15, -0.1) is 0 Å². The number of ether oxygens (including phenoxy) is 3. The minimum atomic E-state index is -0.981. The van der Waals surface area contributed by atoms with Crippen LogP contribution in [-0.4, -0.2) is 39.6 Å². The molecule has 0 fully saturated rings. The van der Waals surface area contributed by atoms with Crippen molar-refractivity contribution >= 4 is 31.4 Å². The van der Waals surface area contributed by atoms with E-state index in [2.05, 4.69) is 16.9 Å². The molecule has 0 spiro atoms. The van der Waals surface area contributed by atoms with Gasteiger partial charge in [0.2, 0.25) is 0 Å². The molecule has 2 aromatic rings. The third-order valence-electron chi connectivity index (χ3n) is 4.45. The standard InChI is InChI=1S/C25H30O5Se/c1-24(2,3)30-23(27)25(4,18-31-20-14-10-7-11-15-20)22(19-12-8-6-9-13-19)29-17-16-21(26)28-5/h6-17,22H,18H2,1-5H3/b17-16+/t22-,25-/m1/s1. The van der Waals surface area contributed by atoms with E-state index in [-0.39, 0.29) is 20.9 Å². The first-order chi connectivity index (χ1) is 14.7. The summed E-state index contributed by atoms with van der Waals surface area (Å²) in [6, 6.07) is 19.6. The van der Waals surface area contributed by atoms with E-state index >= 15 is 0 Å². The van der Waals surface area contributed by atoms with Crippen LogP contribution in [0.15, 0.2) is 73.0 Å². The molecule has 0 radical (unpaired) electrons. The molecule has 0 heterocycles. The van der Waals surface area contributed by atoms with Gasteiger partial charge in [0.1, 0.15) is 0 Å². The zero-order chi connectivity index (χ0) is 22.9. The Morgan fingerprint density at radius 3 is 2.10 bits per heavy atom. The van der Waals surface area contributed by atoms with Crippen LogP contribution in [0.3, 0.4) is 0 Å². The zero-order valence-corrected chi connectivity index (χ0v) is 20.4. The predicted molar refractivity (Wildman–Crippen MR) is 122 cm³/mol. The summed E-state index contributed by atoms with van der Waals surface area (Å²) in [5, 5.41) is 0.560. The molecule has 0 aromatic heterocycles. The number of methoxy groups -OCH3 is 1. The summed E-state index contributed by atoms with van der Waals surface area (Å²) >= 11 is 0.00929. The van der Waals surface area contributed by atoms with Gasteiger partial charge >= 0.3 is 191 Å². The Hall–Kier alpha value is -2.56. The van der Waals surface area contributed by atoms with Crippen LogP contribution in [0.5, 0.6) is 0 Å². The molecule has 0 aliphatic carbocycles. The summed E-state index contributed by atoms with van der Waals surface area (Å²) in [4.78, 5) is 25.0. The van der Waals surface area contributed by atoms with Gasteiger partial charge < -0.3 is 0 Å². The van der Waals surface area contributed by atoms with E-state index in [1.807, 2.05) is 76.2 Å². The second kappa shape index (κ2) is 11.2. The normalized spacial score (nSPS) is 14.5. The SMILES string of the molecule is COC(=O)/C=C/O[C@H](c1ccccc1)[C@@](C)(C[Se]c1ccccc1)C(=O)OC(C)(C)C. The van der Waals surface area contributed by atoms with Crippen LogP contribution in [0, 0.1) is 5.41 Å². The van der Waals surface area contributed by atoms with E-state index in [9.17, 15) is 9.59 Å². The van der Waals surface area contributed by atoms with Gasteiger partial charge in [-0.3, -0.25) is 0 Å². The maximum atomic E-state index is 13.5. The molecule has 0 N–H and O–H groups in total. The Morgan fingerprint density at radius 1 is 0.968 bits per heavy atom. The molecule has 0 saturated carbocycles. The summed E-state index contributed by atoms with van der Waals surface area (Å²) in [5.74, 6) is -0.864. The summed E-state index contributed by atoms with van der Waals surface area (Å²) in [6.45, 7) is 7.42. The average molecular weight is 489 g/mol. The van der Waals surface area contributed by atoms with Crippen molar-refractivity contribution in [2.24, 2.45) is 5.41 Å². The number of hydrogen-bond donors (Lipinski definition) is 0. The van der Waals surface area contributed by atoms with Crippen molar-refractivity contribution in [1.29, 1.82) is 0 Å². The minimum absolute atomic E-state index is 0.00929. The molecule has 166 valence electrons. The third-order valence-corrected chi connectivity index (χ3v) is 7.28. The number of carbonyl (C=O) groups is 2. The molecule has 0 bridgehead atoms. The number of hydrogen-bond acceptors (Lipinski definition) is 5.